The van der Waals surface area contributed by atoms with E-state index < -0.39 is 17.2 Å². The topological polar surface area (TPSA) is 36.7 Å². The number of nitriles is 1. The third kappa shape index (κ3) is 5.71. The third-order valence-corrected chi connectivity index (χ3v) is 6.37. The van der Waals surface area contributed by atoms with Crippen molar-refractivity contribution in [3.8, 4) is 17.3 Å². The molecule has 35 heavy (non-hydrogen) atoms. The summed E-state index contributed by atoms with van der Waals surface area (Å²) in [6.45, 7) is 2.20. The van der Waals surface area contributed by atoms with Crippen molar-refractivity contribution >= 4 is 10.8 Å². The summed E-state index contributed by atoms with van der Waals surface area (Å²) in [4.78, 5) is 4.61. The Morgan fingerprint density at radius 3 is 2.29 bits per heavy atom. The van der Waals surface area contributed by atoms with Crippen LogP contribution in [0, 0.1) is 28.8 Å². The molecule has 1 heterocycles. The van der Waals surface area contributed by atoms with E-state index in [9.17, 15) is 8.78 Å². The molecular formula is C30H27F3N2. The average molecular weight is 473 g/mol. The monoisotopic (exact) mass is 472 g/mol. The largest absolute Gasteiger partial charge is 0.256 e. The second-order valence-corrected chi connectivity index (χ2v) is 8.88. The number of aryl methyl sites for hydroxylation is 3. The van der Waals surface area contributed by atoms with Gasteiger partial charge in [-0.2, -0.15) is 5.26 Å². The maximum Gasteiger partial charge on any atom is 0.144 e. The SMILES string of the molecule is CCCCCCc1ccc(-c2ccc3c(F)c(CCc4cc(F)c(C#N)c(F)c4)ccc3c2)nc1. The van der Waals surface area contributed by atoms with E-state index in [4.69, 9.17) is 5.26 Å². The van der Waals surface area contributed by atoms with E-state index in [1.165, 1.54) is 37.3 Å². The molecule has 2 nitrogen and oxygen atoms in total. The van der Waals surface area contributed by atoms with Crippen molar-refractivity contribution in [3.05, 3.63) is 100 Å². The highest BCUT2D eigenvalue weighted by atomic mass is 19.1. The van der Waals surface area contributed by atoms with Crippen molar-refractivity contribution in [2.75, 3.05) is 0 Å². The first-order valence-electron chi connectivity index (χ1n) is 12.0. The zero-order valence-electron chi connectivity index (χ0n) is 19.8. The lowest BCUT2D eigenvalue weighted by Gasteiger charge is -2.10. The average Bonchev–Trinajstić information content (AvgIpc) is 2.86. The standard InChI is InChI=1S/C30H27F3N2/c1-2-3-4-5-6-20-8-14-29(35-19-20)24-12-13-25-23(17-24)11-10-22(30(25)33)9-7-21-15-27(31)26(18-34)28(32)16-21/h8,10-17,19H,2-7,9H2,1H3. The fourth-order valence-electron chi connectivity index (χ4n) is 4.34. The van der Waals surface area contributed by atoms with Crippen LogP contribution in [0.5, 0.6) is 0 Å². The number of benzene rings is 3. The molecule has 0 aliphatic heterocycles. The molecule has 0 spiro atoms. The molecule has 0 radical (unpaired) electrons. The van der Waals surface area contributed by atoms with Gasteiger partial charge in [0, 0.05) is 17.1 Å². The van der Waals surface area contributed by atoms with Crippen molar-refractivity contribution in [1.29, 1.82) is 5.26 Å². The number of nitrogens with zero attached hydrogens (tertiary/aromatic N) is 2. The molecule has 0 aliphatic carbocycles. The number of hydrogen-bond donors (Lipinski definition) is 0. The molecule has 3 aromatic carbocycles. The van der Waals surface area contributed by atoms with Crippen LogP contribution in [0.2, 0.25) is 0 Å². The van der Waals surface area contributed by atoms with Gasteiger partial charge in [0.25, 0.3) is 0 Å². The summed E-state index contributed by atoms with van der Waals surface area (Å²) in [6, 6.07) is 17.0. The fourth-order valence-corrected chi connectivity index (χ4v) is 4.34. The van der Waals surface area contributed by atoms with Crippen molar-refractivity contribution in [1.82, 2.24) is 4.98 Å². The van der Waals surface area contributed by atoms with Crippen LogP contribution in [-0.4, -0.2) is 4.98 Å². The number of fused-ring (bicyclic) bond motifs is 1. The van der Waals surface area contributed by atoms with E-state index in [1.54, 1.807) is 12.1 Å². The number of halogens is 3. The minimum atomic E-state index is -0.896. The highest BCUT2D eigenvalue weighted by Crippen LogP contribution is 2.28. The molecule has 0 amide bonds. The Bertz CT molecular complexity index is 1350. The minimum Gasteiger partial charge on any atom is -0.256 e. The maximum atomic E-state index is 15.2. The number of rotatable bonds is 9. The molecule has 1 aromatic heterocycles. The first-order chi connectivity index (χ1) is 17.0. The zero-order chi connectivity index (χ0) is 24.8. The van der Waals surface area contributed by atoms with Gasteiger partial charge in [0.05, 0.1) is 5.69 Å². The second-order valence-electron chi connectivity index (χ2n) is 8.88. The summed E-state index contributed by atoms with van der Waals surface area (Å²) in [6.07, 6.45) is 8.38. The lowest BCUT2D eigenvalue weighted by molar-refractivity contribution is 0.572. The summed E-state index contributed by atoms with van der Waals surface area (Å²) in [5.74, 6) is -2.13. The summed E-state index contributed by atoms with van der Waals surface area (Å²) >= 11 is 0. The van der Waals surface area contributed by atoms with Crippen LogP contribution in [0.1, 0.15) is 54.9 Å². The van der Waals surface area contributed by atoms with Crippen LogP contribution in [0.15, 0.2) is 60.8 Å². The van der Waals surface area contributed by atoms with E-state index in [1.807, 2.05) is 30.5 Å². The van der Waals surface area contributed by atoms with Gasteiger partial charge >= 0.3 is 0 Å². The number of aromatic nitrogens is 1. The molecule has 4 rings (SSSR count). The molecule has 178 valence electrons. The highest BCUT2D eigenvalue weighted by Gasteiger charge is 2.13. The van der Waals surface area contributed by atoms with Crippen LogP contribution in [0.3, 0.4) is 0 Å². The molecule has 0 saturated carbocycles. The Morgan fingerprint density at radius 2 is 1.60 bits per heavy atom. The molecule has 0 aliphatic rings. The number of pyridine rings is 1. The quantitative estimate of drug-likeness (QED) is 0.231. The Kier molecular flexibility index (Phi) is 7.82. The minimum absolute atomic E-state index is 0.259. The summed E-state index contributed by atoms with van der Waals surface area (Å²) < 4.78 is 42.9. The Balaban J connectivity index is 1.48. The predicted molar refractivity (Wildman–Crippen MR) is 133 cm³/mol. The molecule has 0 fully saturated rings. The second kappa shape index (κ2) is 11.2. The van der Waals surface area contributed by atoms with Crippen LogP contribution < -0.4 is 0 Å². The smallest absolute Gasteiger partial charge is 0.144 e. The lowest BCUT2D eigenvalue weighted by Crippen LogP contribution is -1.99. The van der Waals surface area contributed by atoms with E-state index in [0.29, 0.717) is 16.5 Å². The molecule has 0 bridgehead atoms. The normalized spacial score (nSPS) is 11.1. The molecule has 0 saturated heterocycles. The van der Waals surface area contributed by atoms with E-state index >= 15 is 4.39 Å². The van der Waals surface area contributed by atoms with Gasteiger partial charge in [-0.3, -0.25) is 4.98 Å². The van der Waals surface area contributed by atoms with Gasteiger partial charge in [-0.1, -0.05) is 56.5 Å². The highest BCUT2D eigenvalue weighted by molar-refractivity contribution is 5.88. The number of hydrogen-bond acceptors (Lipinski definition) is 2. The van der Waals surface area contributed by atoms with Crippen molar-refractivity contribution < 1.29 is 13.2 Å². The molecule has 5 heteroatoms. The van der Waals surface area contributed by atoms with Gasteiger partial charge in [0.15, 0.2) is 0 Å². The van der Waals surface area contributed by atoms with E-state index in [-0.39, 0.29) is 18.7 Å². The van der Waals surface area contributed by atoms with Gasteiger partial charge < -0.3 is 0 Å². The molecule has 0 atom stereocenters. The summed E-state index contributed by atoms with van der Waals surface area (Å²) in [7, 11) is 0. The first kappa shape index (κ1) is 24.5. The van der Waals surface area contributed by atoms with Gasteiger partial charge in [0.1, 0.15) is 29.1 Å². The maximum absolute atomic E-state index is 15.2. The zero-order valence-corrected chi connectivity index (χ0v) is 19.8. The van der Waals surface area contributed by atoms with Gasteiger partial charge in [0.2, 0.25) is 0 Å². The van der Waals surface area contributed by atoms with Gasteiger partial charge in [-0.25, -0.2) is 13.2 Å². The Labute approximate surface area is 204 Å². The lowest BCUT2D eigenvalue weighted by atomic mass is 9.97. The van der Waals surface area contributed by atoms with Crippen LogP contribution in [-0.2, 0) is 19.3 Å². The summed E-state index contributed by atoms with van der Waals surface area (Å²) in [5.41, 5.74) is 3.25. The van der Waals surface area contributed by atoms with Gasteiger partial charge in [-0.15, -0.1) is 0 Å². The van der Waals surface area contributed by atoms with Crippen molar-refractivity contribution in [3.63, 3.8) is 0 Å². The predicted octanol–water partition coefficient (Wildman–Crippen LogP) is 8.10. The van der Waals surface area contributed by atoms with Crippen molar-refractivity contribution in [2.24, 2.45) is 0 Å². The van der Waals surface area contributed by atoms with Crippen LogP contribution >= 0.6 is 0 Å². The van der Waals surface area contributed by atoms with Crippen LogP contribution in [0.4, 0.5) is 13.2 Å². The molecular weight excluding hydrogens is 445 g/mol. The first-order valence-corrected chi connectivity index (χ1v) is 12.0. The summed E-state index contributed by atoms with van der Waals surface area (Å²) in [5, 5.41) is 10.1. The fraction of sp³-hybridized carbons (Fsp3) is 0.267. The molecule has 0 unspecified atom stereocenters. The van der Waals surface area contributed by atoms with Crippen LogP contribution in [0.25, 0.3) is 22.0 Å². The molecule has 0 N–H and O–H groups in total. The van der Waals surface area contributed by atoms with Crippen molar-refractivity contribution in [2.45, 2.75) is 51.9 Å². The number of unbranched alkanes of at least 4 members (excludes halogenated alkanes) is 3. The van der Waals surface area contributed by atoms with E-state index in [0.717, 1.165) is 35.2 Å². The van der Waals surface area contributed by atoms with Gasteiger partial charge in [-0.05, 0) is 72.0 Å². The molecule has 4 aromatic rings. The Hall–Kier alpha value is -3.65. The Morgan fingerprint density at radius 1 is 0.800 bits per heavy atom. The third-order valence-electron chi connectivity index (χ3n) is 6.37. The van der Waals surface area contributed by atoms with E-state index in [2.05, 4.69) is 18.0 Å².